The van der Waals surface area contributed by atoms with Gasteiger partial charge in [0.15, 0.2) is 0 Å². The molecule has 0 amide bonds. The van der Waals surface area contributed by atoms with E-state index in [1.54, 1.807) is 0 Å². The van der Waals surface area contributed by atoms with Gasteiger partial charge in [-0.05, 0) is 20.9 Å². The van der Waals surface area contributed by atoms with Crippen molar-refractivity contribution in [1.82, 2.24) is 12.9 Å². The van der Waals surface area contributed by atoms with Crippen LogP contribution in [0.4, 0.5) is 0 Å². The molecule has 0 aromatic carbocycles. The summed E-state index contributed by atoms with van der Waals surface area (Å²) in [7, 11) is 2.20. The minimum atomic E-state index is 0.639. The monoisotopic (exact) mass is 297 g/mol. The molecule has 1 aliphatic heterocycles. The van der Waals surface area contributed by atoms with Crippen molar-refractivity contribution in [3.05, 3.63) is 0 Å². The van der Waals surface area contributed by atoms with Crippen molar-refractivity contribution >= 4 is 22.9 Å². The van der Waals surface area contributed by atoms with Crippen molar-refractivity contribution in [1.29, 1.82) is 0 Å². The lowest BCUT2D eigenvalue weighted by atomic mass is 10.3. The summed E-state index contributed by atoms with van der Waals surface area (Å²) >= 11 is 2.42. The molecule has 4 heteroatoms. The Morgan fingerprint density at radius 3 is 2.23 bits per heavy atom. The van der Waals surface area contributed by atoms with E-state index in [4.69, 9.17) is 0 Å². The van der Waals surface area contributed by atoms with Crippen LogP contribution in [0.2, 0.25) is 0 Å². The summed E-state index contributed by atoms with van der Waals surface area (Å²) in [6.07, 6.45) is 0. The molecular formula is C9H20IN3. The molecule has 1 aliphatic rings. The molecule has 0 unspecified atom stereocenters. The lowest BCUT2D eigenvalue weighted by Crippen LogP contribution is -2.47. The Morgan fingerprint density at radius 1 is 1.23 bits per heavy atom. The number of rotatable bonds is 3. The average Bonchev–Trinajstić information content (AvgIpc) is 2.08. The second-order valence-electron chi connectivity index (χ2n) is 4.06. The smallest absolute Gasteiger partial charge is 0.0602 e. The van der Waals surface area contributed by atoms with Crippen molar-refractivity contribution in [3.63, 3.8) is 0 Å². The maximum absolute atomic E-state index is 2.52. The maximum Gasteiger partial charge on any atom is 0.0602 e. The zero-order chi connectivity index (χ0) is 9.84. The highest BCUT2D eigenvalue weighted by Gasteiger charge is 2.16. The molecule has 1 fully saturated rings. The fourth-order valence-electron chi connectivity index (χ4n) is 1.34. The van der Waals surface area contributed by atoms with E-state index in [0.29, 0.717) is 6.04 Å². The molecule has 3 nitrogen and oxygen atoms in total. The average molecular weight is 297 g/mol. The zero-order valence-corrected chi connectivity index (χ0v) is 11.0. The van der Waals surface area contributed by atoms with Gasteiger partial charge < -0.3 is 4.90 Å². The standard InChI is InChI=1S/C9H20IN3/c1-9(2)13(10)8-12-6-4-11(3)5-7-12/h9H,4-8H2,1-3H3. The van der Waals surface area contributed by atoms with E-state index in [-0.39, 0.29) is 0 Å². The van der Waals surface area contributed by atoms with Crippen LogP contribution < -0.4 is 0 Å². The highest BCUT2D eigenvalue weighted by atomic mass is 127. The molecule has 1 saturated heterocycles. The first-order valence-corrected chi connectivity index (χ1v) is 5.89. The molecule has 1 heterocycles. The Bertz CT molecular complexity index is 144. The Morgan fingerprint density at radius 2 is 1.77 bits per heavy atom. The van der Waals surface area contributed by atoms with Crippen LogP contribution in [0, 0.1) is 0 Å². The summed E-state index contributed by atoms with van der Waals surface area (Å²) in [5.41, 5.74) is 0. The number of hydrogen-bond acceptors (Lipinski definition) is 3. The first kappa shape index (κ1) is 11.7. The molecule has 0 radical (unpaired) electrons. The number of piperazine rings is 1. The number of nitrogens with zero attached hydrogens (tertiary/aromatic N) is 3. The predicted molar refractivity (Wildman–Crippen MR) is 64.9 cm³/mol. The maximum atomic E-state index is 2.52. The van der Waals surface area contributed by atoms with Gasteiger partial charge in [-0.3, -0.25) is 4.90 Å². The molecule has 13 heavy (non-hydrogen) atoms. The molecule has 0 aliphatic carbocycles. The van der Waals surface area contributed by atoms with E-state index in [0.717, 1.165) is 6.67 Å². The van der Waals surface area contributed by atoms with Gasteiger partial charge in [0.1, 0.15) is 0 Å². The summed E-state index contributed by atoms with van der Waals surface area (Å²) in [5.74, 6) is 0. The predicted octanol–water partition coefficient (Wildman–Crippen LogP) is 1.25. The summed E-state index contributed by atoms with van der Waals surface area (Å²) in [6, 6.07) is 0.639. The lowest BCUT2D eigenvalue weighted by Gasteiger charge is -2.35. The van der Waals surface area contributed by atoms with Gasteiger partial charge in [-0.2, -0.15) is 0 Å². The molecule has 0 bridgehead atoms. The van der Waals surface area contributed by atoms with Crippen molar-refractivity contribution in [2.45, 2.75) is 19.9 Å². The summed E-state index contributed by atoms with van der Waals surface area (Å²) in [5, 5.41) is 0. The van der Waals surface area contributed by atoms with Crippen LogP contribution in [0.25, 0.3) is 0 Å². The minimum Gasteiger partial charge on any atom is -0.304 e. The van der Waals surface area contributed by atoms with Crippen molar-refractivity contribution in [2.24, 2.45) is 0 Å². The molecule has 0 aromatic rings. The van der Waals surface area contributed by atoms with Crippen LogP contribution in [0.1, 0.15) is 13.8 Å². The van der Waals surface area contributed by atoms with E-state index >= 15 is 0 Å². The molecular weight excluding hydrogens is 277 g/mol. The highest BCUT2D eigenvalue weighted by molar-refractivity contribution is 14.1. The topological polar surface area (TPSA) is 9.72 Å². The van der Waals surface area contributed by atoms with Gasteiger partial charge in [-0.25, -0.2) is 3.11 Å². The number of halogens is 1. The molecule has 78 valence electrons. The van der Waals surface area contributed by atoms with Crippen LogP contribution in [-0.2, 0) is 0 Å². The van der Waals surface area contributed by atoms with Crippen LogP contribution in [-0.4, -0.2) is 58.9 Å². The van der Waals surface area contributed by atoms with Gasteiger partial charge in [0.2, 0.25) is 0 Å². The largest absolute Gasteiger partial charge is 0.304 e. The van der Waals surface area contributed by atoms with Gasteiger partial charge in [0.25, 0.3) is 0 Å². The molecule has 0 atom stereocenters. The third kappa shape index (κ3) is 4.10. The lowest BCUT2D eigenvalue weighted by molar-refractivity contribution is 0.120. The number of likely N-dealkylation sites (N-methyl/N-ethyl adjacent to an activating group) is 1. The molecule has 0 saturated carbocycles. The molecule has 0 spiro atoms. The summed E-state index contributed by atoms with van der Waals surface area (Å²) in [6.45, 7) is 10.4. The van der Waals surface area contributed by atoms with E-state index in [1.807, 2.05) is 0 Å². The van der Waals surface area contributed by atoms with Crippen molar-refractivity contribution < 1.29 is 0 Å². The third-order valence-electron chi connectivity index (χ3n) is 2.49. The normalized spacial score (nSPS) is 21.7. The quantitative estimate of drug-likeness (QED) is 0.573. The van der Waals surface area contributed by atoms with Crippen LogP contribution in [0.15, 0.2) is 0 Å². The van der Waals surface area contributed by atoms with Crippen molar-refractivity contribution in [3.8, 4) is 0 Å². The Balaban J connectivity index is 2.22. The van der Waals surface area contributed by atoms with E-state index in [2.05, 4.69) is 56.7 Å². The van der Waals surface area contributed by atoms with Gasteiger partial charge in [0.05, 0.1) is 6.67 Å². The van der Waals surface area contributed by atoms with Gasteiger partial charge in [0, 0.05) is 55.1 Å². The van der Waals surface area contributed by atoms with Crippen LogP contribution in [0.3, 0.4) is 0 Å². The summed E-state index contributed by atoms with van der Waals surface area (Å²) < 4.78 is 2.36. The summed E-state index contributed by atoms with van der Waals surface area (Å²) in [4.78, 5) is 4.91. The number of hydrogen-bond donors (Lipinski definition) is 0. The zero-order valence-electron chi connectivity index (χ0n) is 8.83. The van der Waals surface area contributed by atoms with Crippen LogP contribution in [0.5, 0.6) is 0 Å². The van der Waals surface area contributed by atoms with Gasteiger partial charge >= 0.3 is 0 Å². The fourth-order valence-corrected chi connectivity index (χ4v) is 1.78. The SMILES string of the molecule is CC(C)N(I)CN1CCN(C)CC1. The van der Waals surface area contributed by atoms with E-state index in [9.17, 15) is 0 Å². The van der Waals surface area contributed by atoms with Gasteiger partial charge in [-0.15, -0.1) is 0 Å². The third-order valence-corrected chi connectivity index (χ3v) is 3.91. The van der Waals surface area contributed by atoms with Crippen LogP contribution >= 0.6 is 22.9 Å². The molecule has 0 aromatic heterocycles. The Labute approximate surface area is 95.6 Å². The Kier molecular flexibility index (Phi) is 4.93. The molecule has 0 N–H and O–H groups in total. The molecule has 1 rings (SSSR count). The Hall–Kier alpha value is 0.610. The second kappa shape index (κ2) is 5.48. The first-order chi connectivity index (χ1) is 6.09. The van der Waals surface area contributed by atoms with E-state index in [1.165, 1.54) is 26.2 Å². The van der Waals surface area contributed by atoms with E-state index < -0.39 is 0 Å². The van der Waals surface area contributed by atoms with Crippen molar-refractivity contribution in [2.75, 3.05) is 39.9 Å². The first-order valence-electron chi connectivity index (χ1n) is 4.93. The second-order valence-corrected chi connectivity index (χ2v) is 5.30. The van der Waals surface area contributed by atoms with Gasteiger partial charge in [-0.1, -0.05) is 0 Å². The fraction of sp³-hybridized carbons (Fsp3) is 1.00. The highest BCUT2D eigenvalue weighted by Crippen LogP contribution is 2.08. The minimum absolute atomic E-state index is 0.639.